The highest BCUT2D eigenvalue weighted by atomic mass is 79.9. The molecular weight excluding hydrogens is 282 g/mol. The number of halogens is 1. The minimum Gasteiger partial charge on any atom is -0.496 e. The number of benzene rings is 1. The Labute approximate surface area is 109 Å². The van der Waals surface area contributed by atoms with Crippen LogP contribution in [0.25, 0.3) is 11.3 Å². The van der Waals surface area contributed by atoms with Gasteiger partial charge in [0.2, 0.25) is 0 Å². The van der Waals surface area contributed by atoms with E-state index < -0.39 is 0 Å². The zero-order chi connectivity index (χ0) is 12.6. The van der Waals surface area contributed by atoms with E-state index in [1.165, 1.54) is 0 Å². The smallest absolute Gasteiger partial charge is 0.131 e. The van der Waals surface area contributed by atoms with Crippen LogP contribution in [0.15, 0.2) is 22.7 Å². The van der Waals surface area contributed by atoms with Gasteiger partial charge in [-0.25, -0.2) is 4.98 Å². The summed E-state index contributed by atoms with van der Waals surface area (Å²) in [6.45, 7) is 1.92. The van der Waals surface area contributed by atoms with Gasteiger partial charge in [0.1, 0.15) is 23.1 Å². The third-order valence-electron chi connectivity index (χ3n) is 2.78. The van der Waals surface area contributed by atoms with Gasteiger partial charge < -0.3 is 15.0 Å². The Kier molecular flexibility index (Phi) is 3.11. The molecule has 90 valence electrons. The molecule has 0 spiro atoms. The fraction of sp³-hybridized carbons (Fsp3) is 0.250. The lowest BCUT2D eigenvalue weighted by atomic mass is 10.1. The van der Waals surface area contributed by atoms with E-state index in [1.807, 2.05) is 36.7 Å². The molecule has 0 aliphatic carbocycles. The Balaban J connectivity index is 2.67. The van der Waals surface area contributed by atoms with Crippen LogP contribution in [-0.4, -0.2) is 16.7 Å². The second-order valence-corrected chi connectivity index (χ2v) is 4.71. The highest BCUT2D eigenvalue weighted by Gasteiger charge is 2.15. The van der Waals surface area contributed by atoms with Crippen molar-refractivity contribution in [1.82, 2.24) is 9.55 Å². The number of nitrogens with zero attached hydrogens (tertiary/aromatic N) is 2. The topological polar surface area (TPSA) is 53.1 Å². The molecule has 0 bridgehead atoms. The van der Waals surface area contributed by atoms with Gasteiger partial charge in [-0.1, -0.05) is 15.9 Å². The van der Waals surface area contributed by atoms with Crippen LogP contribution in [0, 0.1) is 6.92 Å². The minimum absolute atomic E-state index is 0.638. The molecule has 0 aliphatic heterocycles. The van der Waals surface area contributed by atoms with E-state index in [-0.39, 0.29) is 0 Å². The molecule has 2 N–H and O–H groups in total. The van der Waals surface area contributed by atoms with Crippen molar-refractivity contribution >= 4 is 21.7 Å². The lowest BCUT2D eigenvalue weighted by Crippen LogP contribution is -1.98. The van der Waals surface area contributed by atoms with E-state index in [9.17, 15) is 0 Å². The Morgan fingerprint density at radius 2 is 2.12 bits per heavy atom. The maximum Gasteiger partial charge on any atom is 0.131 e. The van der Waals surface area contributed by atoms with Gasteiger partial charge >= 0.3 is 0 Å². The van der Waals surface area contributed by atoms with Crippen LogP contribution in [0.3, 0.4) is 0 Å². The number of aromatic nitrogens is 2. The lowest BCUT2D eigenvalue weighted by molar-refractivity contribution is 0.416. The average Bonchev–Trinajstić information content (AvgIpc) is 2.57. The molecular formula is C12H14BrN3O. The van der Waals surface area contributed by atoms with E-state index in [0.717, 1.165) is 27.3 Å². The van der Waals surface area contributed by atoms with Gasteiger partial charge in [0.05, 0.1) is 7.11 Å². The second-order valence-electron chi connectivity index (χ2n) is 3.80. The summed E-state index contributed by atoms with van der Waals surface area (Å²) in [7, 11) is 3.53. The van der Waals surface area contributed by atoms with E-state index in [2.05, 4.69) is 20.9 Å². The maximum atomic E-state index is 6.04. The molecule has 2 rings (SSSR count). The molecule has 1 aromatic carbocycles. The molecule has 0 unspecified atom stereocenters. The lowest BCUT2D eigenvalue weighted by Gasteiger charge is -2.07. The largest absolute Gasteiger partial charge is 0.496 e. The van der Waals surface area contributed by atoms with Gasteiger partial charge in [-0.15, -0.1) is 0 Å². The summed E-state index contributed by atoms with van der Waals surface area (Å²) >= 11 is 3.44. The van der Waals surface area contributed by atoms with Crippen LogP contribution < -0.4 is 10.5 Å². The van der Waals surface area contributed by atoms with Crippen molar-refractivity contribution in [3.8, 4) is 17.0 Å². The molecule has 0 aliphatic rings. The monoisotopic (exact) mass is 295 g/mol. The summed E-state index contributed by atoms with van der Waals surface area (Å²) < 4.78 is 8.16. The van der Waals surface area contributed by atoms with Gasteiger partial charge in [0, 0.05) is 17.1 Å². The van der Waals surface area contributed by atoms with Crippen LogP contribution in [-0.2, 0) is 7.05 Å². The van der Waals surface area contributed by atoms with Crippen molar-refractivity contribution in [1.29, 1.82) is 0 Å². The average molecular weight is 296 g/mol. The normalized spacial score (nSPS) is 10.6. The van der Waals surface area contributed by atoms with Crippen molar-refractivity contribution < 1.29 is 4.74 Å². The van der Waals surface area contributed by atoms with Gasteiger partial charge in [-0.05, 0) is 25.1 Å². The molecule has 0 saturated carbocycles. The predicted octanol–water partition coefficient (Wildman–Crippen LogP) is 2.75. The zero-order valence-corrected chi connectivity index (χ0v) is 11.6. The molecule has 5 heteroatoms. The van der Waals surface area contributed by atoms with E-state index in [4.69, 9.17) is 10.5 Å². The molecule has 4 nitrogen and oxygen atoms in total. The maximum absolute atomic E-state index is 6.04. The van der Waals surface area contributed by atoms with E-state index >= 15 is 0 Å². The van der Waals surface area contributed by atoms with E-state index in [1.54, 1.807) is 7.11 Å². The third-order valence-corrected chi connectivity index (χ3v) is 3.27. The molecule has 2 aromatic rings. The number of rotatable bonds is 2. The Morgan fingerprint density at radius 1 is 1.41 bits per heavy atom. The fourth-order valence-electron chi connectivity index (χ4n) is 1.69. The molecule has 1 aromatic heterocycles. The quantitative estimate of drug-likeness (QED) is 0.927. The number of imidazole rings is 1. The van der Waals surface area contributed by atoms with E-state index in [0.29, 0.717) is 5.82 Å². The van der Waals surface area contributed by atoms with Crippen LogP contribution >= 0.6 is 15.9 Å². The first-order valence-corrected chi connectivity index (χ1v) is 5.96. The first-order chi connectivity index (χ1) is 8.04. The Hall–Kier alpha value is -1.49. The summed E-state index contributed by atoms with van der Waals surface area (Å²) in [5.41, 5.74) is 7.68. The van der Waals surface area contributed by atoms with Crippen LogP contribution in [0.4, 0.5) is 5.82 Å². The summed E-state index contributed by atoms with van der Waals surface area (Å²) in [6.07, 6.45) is 0. The van der Waals surface area contributed by atoms with Crippen LogP contribution in [0.5, 0.6) is 5.75 Å². The highest BCUT2D eigenvalue weighted by molar-refractivity contribution is 9.10. The van der Waals surface area contributed by atoms with Crippen molar-refractivity contribution in [3.05, 3.63) is 28.5 Å². The fourth-order valence-corrected chi connectivity index (χ4v) is 2.05. The van der Waals surface area contributed by atoms with Crippen molar-refractivity contribution in [2.75, 3.05) is 12.8 Å². The molecule has 0 saturated heterocycles. The molecule has 1 heterocycles. The summed E-state index contributed by atoms with van der Waals surface area (Å²) in [4.78, 5) is 4.47. The first kappa shape index (κ1) is 12.0. The summed E-state index contributed by atoms with van der Waals surface area (Å²) in [5.74, 6) is 2.27. The van der Waals surface area contributed by atoms with Crippen LogP contribution in [0.2, 0.25) is 0 Å². The van der Waals surface area contributed by atoms with Crippen molar-refractivity contribution in [3.63, 3.8) is 0 Å². The third kappa shape index (κ3) is 2.02. The standard InChI is InChI=1S/C12H14BrN3O/c1-7-15-11(12(14)16(7)2)9-6-8(13)4-5-10(9)17-3/h4-6H,14H2,1-3H3. The van der Waals surface area contributed by atoms with Crippen molar-refractivity contribution in [2.45, 2.75) is 6.92 Å². The number of hydrogen-bond donors (Lipinski definition) is 1. The highest BCUT2D eigenvalue weighted by Crippen LogP contribution is 2.35. The molecule has 0 atom stereocenters. The number of anilines is 1. The molecule has 17 heavy (non-hydrogen) atoms. The number of methoxy groups -OCH3 is 1. The van der Waals surface area contributed by atoms with Crippen molar-refractivity contribution in [2.24, 2.45) is 7.05 Å². The number of nitrogens with two attached hydrogens (primary N) is 1. The second kappa shape index (κ2) is 4.41. The summed E-state index contributed by atoms with van der Waals surface area (Å²) in [6, 6.07) is 5.77. The first-order valence-electron chi connectivity index (χ1n) is 5.17. The minimum atomic E-state index is 0.638. The Bertz CT molecular complexity index is 563. The number of nitrogen functional groups attached to an aromatic ring is 1. The SMILES string of the molecule is COc1ccc(Br)cc1-c1nc(C)n(C)c1N. The number of ether oxygens (including phenoxy) is 1. The summed E-state index contributed by atoms with van der Waals surface area (Å²) in [5, 5.41) is 0. The molecule has 0 amide bonds. The van der Waals surface area contributed by atoms with Gasteiger partial charge in [-0.2, -0.15) is 0 Å². The van der Waals surface area contributed by atoms with Gasteiger partial charge in [0.15, 0.2) is 0 Å². The zero-order valence-electron chi connectivity index (χ0n) is 9.99. The van der Waals surface area contributed by atoms with Gasteiger partial charge in [0.25, 0.3) is 0 Å². The molecule has 0 radical (unpaired) electrons. The number of hydrogen-bond acceptors (Lipinski definition) is 3. The van der Waals surface area contributed by atoms with Crippen LogP contribution in [0.1, 0.15) is 5.82 Å². The Morgan fingerprint density at radius 3 is 2.65 bits per heavy atom. The molecule has 0 fully saturated rings. The number of aryl methyl sites for hydroxylation is 1. The predicted molar refractivity (Wildman–Crippen MR) is 72.0 cm³/mol. The van der Waals surface area contributed by atoms with Gasteiger partial charge in [-0.3, -0.25) is 0 Å².